The van der Waals surface area contributed by atoms with Gasteiger partial charge in [-0.3, -0.25) is 9.59 Å². The predicted octanol–water partition coefficient (Wildman–Crippen LogP) is 5.15. The number of hydrogen-bond acceptors (Lipinski definition) is 2. The van der Waals surface area contributed by atoms with E-state index < -0.39 is 5.82 Å². The molecule has 0 aliphatic carbocycles. The Balaban J connectivity index is 1.40. The number of halogens is 1. The van der Waals surface area contributed by atoms with Crippen LogP contribution in [0.2, 0.25) is 0 Å². The van der Waals surface area contributed by atoms with E-state index in [-0.39, 0.29) is 11.8 Å². The van der Waals surface area contributed by atoms with Crippen LogP contribution >= 0.6 is 0 Å². The number of allylic oxidation sites excluding steroid dienone is 1. The van der Waals surface area contributed by atoms with Gasteiger partial charge in [0, 0.05) is 41.4 Å². The fourth-order valence-electron chi connectivity index (χ4n) is 3.51. The third-order valence-corrected chi connectivity index (χ3v) is 5.13. The molecule has 0 radical (unpaired) electrons. The molecule has 0 saturated carbocycles. The van der Waals surface area contributed by atoms with Gasteiger partial charge in [0.05, 0.1) is 5.56 Å². The molecule has 0 atom stereocenters. The summed E-state index contributed by atoms with van der Waals surface area (Å²) in [6.45, 7) is 4.75. The van der Waals surface area contributed by atoms with Gasteiger partial charge in [-0.25, -0.2) is 4.39 Å². The number of nitrogens with one attached hydrogen (secondary N) is 2. The second-order valence-electron chi connectivity index (χ2n) is 7.34. The lowest BCUT2D eigenvalue weighted by atomic mass is 10.1. The number of carbonyl (C=O) groups excluding carboxylic acids is 2. The van der Waals surface area contributed by atoms with E-state index in [0.717, 1.165) is 16.5 Å². The average molecular weight is 427 g/mol. The molecule has 0 fully saturated rings. The normalized spacial score (nSPS) is 10.7. The third-order valence-electron chi connectivity index (χ3n) is 5.13. The second kappa shape index (κ2) is 9.31. The van der Waals surface area contributed by atoms with Gasteiger partial charge in [-0.1, -0.05) is 36.4 Å². The molecule has 4 aromatic rings. The molecule has 32 heavy (non-hydrogen) atoms. The molecule has 0 spiro atoms. The first-order valence-corrected chi connectivity index (χ1v) is 10.2. The summed E-state index contributed by atoms with van der Waals surface area (Å²) < 4.78 is 15.0. The van der Waals surface area contributed by atoms with Crippen LogP contribution in [0.1, 0.15) is 26.3 Å². The molecule has 5 nitrogen and oxygen atoms in total. The quantitative estimate of drug-likeness (QED) is 0.401. The van der Waals surface area contributed by atoms with Crippen molar-refractivity contribution >= 4 is 28.4 Å². The summed E-state index contributed by atoms with van der Waals surface area (Å²) >= 11 is 0. The zero-order valence-corrected chi connectivity index (χ0v) is 17.3. The van der Waals surface area contributed by atoms with Crippen LogP contribution in [-0.2, 0) is 13.1 Å². The Morgan fingerprint density at radius 2 is 1.66 bits per heavy atom. The zero-order chi connectivity index (χ0) is 22.5. The van der Waals surface area contributed by atoms with Gasteiger partial charge in [0.15, 0.2) is 0 Å². The van der Waals surface area contributed by atoms with E-state index in [9.17, 15) is 14.0 Å². The lowest BCUT2D eigenvalue weighted by molar-refractivity contribution is 0.0951. The number of anilines is 1. The number of aromatic nitrogens is 1. The summed E-state index contributed by atoms with van der Waals surface area (Å²) in [5.74, 6) is -0.863. The van der Waals surface area contributed by atoms with E-state index >= 15 is 0 Å². The highest BCUT2D eigenvalue weighted by molar-refractivity contribution is 6.07. The first-order valence-electron chi connectivity index (χ1n) is 10.2. The van der Waals surface area contributed by atoms with E-state index in [1.54, 1.807) is 18.2 Å². The van der Waals surface area contributed by atoms with Crippen LogP contribution < -0.4 is 10.6 Å². The summed E-state index contributed by atoms with van der Waals surface area (Å²) in [5, 5.41) is 6.62. The van der Waals surface area contributed by atoms with Gasteiger partial charge in [0.2, 0.25) is 0 Å². The van der Waals surface area contributed by atoms with Crippen LogP contribution in [0.4, 0.5) is 10.1 Å². The van der Waals surface area contributed by atoms with Crippen molar-refractivity contribution in [1.29, 1.82) is 0 Å². The zero-order valence-electron chi connectivity index (χ0n) is 17.3. The van der Waals surface area contributed by atoms with Gasteiger partial charge in [0.25, 0.3) is 11.8 Å². The molecule has 160 valence electrons. The van der Waals surface area contributed by atoms with Crippen molar-refractivity contribution in [1.82, 2.24) is 9.88 Å². The van der Waals surface area contributed by atoms with Crippen LogP contribution in [0, 0.1) is 5.82 Å². The van der Waals surface area contributed by atoms with Crippen LogP contribution in [0.15, 0.2) is 91.6 Å². The molecule has 1 heterocycles. The van der Waals surface area contributed by atoms with Crippen molar-refractivity contribution in [3.63, 3.8) is 0 Å². The van der Waals surface area contributed by atoms with E-state index in [1.165, 1.54) is 24.3 Å². The number of benzene rings is 3. The van der Waals surface area contributed by atoms with Crippen molar-refractivity contribution < 1.29 is 14.0 Å². The summed E-state index contributed by atoms with van der Waals surface area (Å²) in [6, 6.07) is 20.3. The predicted molar refractivity (Wildman–Crippen MR) is 124 cm³/mol. The number of rotatable bonds is 7. The summed E-state index contributed by atoms with van der Waals surface area (Å²) in [6.07, 6.45) is 3.64. The van der Waals surface area contributed by atoms with Gasteiger partial charge in [-0.15, -0.1) is 6.58 Å². The van der Waals surface area contributed by atoms with Gasteiger partial charge >= 0.3 is 0 Å². The molecule has 3 aromatic carbocycles. The Kier molecular flexibility index (Phi) is 6.12. The number of carbonyl (C=O) groups is 2. The summed E-state index contributed by atoms with van der Waals surface area (Å²) in [7, 11) is 0. The van der Waals surface area contributed by atoms with Gasteiger partial charge in [0.1, 0.15) is 5.82 Å². The van der Waals surface area contributed by atoms with Crippen molar-refractivity contribution in [2.45, 2.75) is 13.1 Å². The first kappa shape index (κ1) is 21.1. The van der Waals surface area contributed by atoms with E-state index in [0.29, 0.717) is 29.9 Å². The lowest BCUT2D eigenvalue weighted by Crippen LogP contribution is -2.22. The third kappa shape index (κ3) is 4.59. The molecule has 6 heteroatoms. The Bertz CT molecular complexity index is 1270. The molecule has 0 bridgehead atoms. The maximum absolute atomic E-state index is 13.0. The number of para-hydroxylation sites is 1. The monoisotopic (exact) mass is 427 g/mol. The van der Waals surface area contributed by atoms with Crippen molar-refractivity contribution in [2.75, 3.05) is 5.32 Å². The molecule has 4 rings (SSSR count). The Morgan fingerprint density at radius 3 is 2.38 bits per heavy atom. The first-order chi connectivity index (χ1) is 15.5. The highest BCUT2D eigenvalue weighted by Gasteiger charge is 2.14. The van der Waals surface area contributed by atoms with Gasteiger partial charge < -0.3 is 15.2 Å². The SMILES string of the molecule is C=CCn1cc(C(=O)NCc2ccc(NC(=O)c3ccc(F)cc3)cc2)c2ccccc21. The molecule has 0 aliphatic heterocycles. The number of amides is 2. The number of fused-ring (bicyclic) bond motifs is 1. The number of hydrogen-bond donors (Lipinski definition) is 2. The Morgan fingerprint density at radius 1 is 0.938 bits per heavy atom. The molecule has 1 aromatic heterocycles. The van der Waals surface area contributed by atoms with E-state index in [2.05, 4.69) is 17.2 Å². The van der Waals surface area contributed by atoms with Crippen molar-refractivity contribution in [2.24, 2.45) is 0 Å². The maximum Gasteiger partial charge on any atom is 0.255 e. The largest absolute Gasteiger partial charge is 0.348 e. The minimum Gasteiger partial charge on any atom is -0.348 e. The van der Waals surface area contributed by atoms with Crippen molar-refractivity contribution in [3.05, 3.63) is 114 Å². The van der Waals surface area contributed by atoms with Crippen LogP contribution in [0.25, 0.3) is 10.9 Å². The van der Waals surface area contributed by atoms with E-state index in [1.807, 2.05) is 47.2 Å². The second-order valence-corrected chi connectivity index (χ2v) is 7.34. The lowest BCUT2D eigenvalue weighted by Gasteiger charge is -2.08. The molecule has 0 saturated heterocycles. The van der Waals surface area contributed by atoms with Crippen molar-refractivity contribution in [3.8, 4) is 0 Å². The van der Waals surface area contributed by atoms with Crippen LogP contribution in [0.3, 0.4) is 0 Å². The Labute approximate surface area is 185 Å². The minimum absolute atomic E-state index is 0.155. The molecule has 0 unspecified atom stereocenters. The van der Waals surface area contributed by atoms with E-state index in [4.69, 9.17) is 0 Å². The molecule has 0 aliphatic rings. The average Bonchev–Trinajstić information content (AvgIpc) is 3.18. The van der Waals surface area contributed by atoms with Gasteiger partial charge in [-0.2, -0.15) is 0 Å². The molecule has 2 amide bonds. The molecular formula is C26H22FN3O2. The smallest absolute Gasteiger partial charge is 0.255 e. The standard InChI is InChI=1S/C26H22FN3O2/c1-2-15-30-17-23(22-5-3-4-6-24(22)30)26(32)28-16-18-7-13-21(14-8-18)29-25(31)19-9-11-20(27)12-10-19/h2-14,17H,1,15-16H2,(H,28,32)(H,29,31). The van der Waals surface area contributed by atoms with Gasteiger partial charge in [-0.05, 0) is 48.0 Å². The highest BCUT2D eigenvalue weighted by atomic mass is 19.1. The molecule has 2 N–H and O–H groups in total. The highest BCUT2D eigenvalue weighted by Crippen LogP contribution is 2.21. The fourth-order valence-corrected chi connectivity index (χ4v) is 3.51. The topological polar surface area (TPSA) is 63.1 Å². The fraction of sp³-hybridized carbons (Fsp3) is 0.0769. The van der Waals surface area contributed by atoms with Crippen LogP contribution in [-0.4, -0.2) is 16.4 Å². The minimum atomic E-state index is -0.391. The molecular weight excluding hydrogens is 405 g/mol. The summed E-state index contributed by atoms with van der Waals surface area (Å²) in [4.78, 5) is 25.0. The number of nitrogens with zero attached hydrogens (tertiary/aromatic N) is 1. The summed E-state index contributed by atoms with van der Waals surface area (Å²) in [5.41, 5.74) is 3.48. The van der Waals surface area contributed by atoms with Crippen LogP contribution in [0.5, 0.6) is 0 Å². The maximum atomic E-state index is 13.0. The Hall–Kier alpha value is -4.19.